The first kappa shape index (κ1) is 82.8. The summed E-state index contributed by atoms with van der Waals surface area (Å²) in [4.78, 5) is 36.9. The molecule has 0 unspecified atom stereocenters. The van der Waals surface area contributed by atoms with Crippen LogP contribution in [0.15, 0.2) is 437 Å². The van der Waals surface area contributed by atoms with Gasteiger partial charge in [-0.15, -0.1) is 0 Å². The molecule has 22 aromatic carbocycles. The molecule has 3 aliphatic carbocycles. The summed E-state index contributed by atoms with van der Waals surface area (Å²) in [6, 6.07) is 157. The number of benzene rings is 22. The van der Waals surface area contributed by atoms with Gasteiger partial charge in [-0.2, -0.15) is 9.97 Å². The van der Waals surface area contributed by atoms with Crippen LogP contribution in [0.5, 0.6) is 0 Å². The molecule has 0 spiro atoms. The molecule has 0 saturated heterocycles. The predicted octanol–water partition coefficient (Wildman–Crippen LogP) is 34.1. The van der Waals surface area contributed by atoms with E-state index >= 15 is 0 Å². The van der Waals surface area contributed by atoms with Crippen LogP contribution in [0.3, 0.4) is 0 Å². The second-order valence-electron chi connectivity index (χ2n) is 40.5. The van der Waals surface area contributed by atoms with Crippen LogP contribution in [0.25, 0.3) is 259 Å². The first-order valence-electron chi connectivity index (χ1n) is 49.7. The van der Waals surface area contributed by atoms with Crippen LogP contribution in [0, 0.1) is 0 Å². The van der Waals surface area contributed by atoms with Gasteiger partial charge in [0, 0.05) is 98.3 Å². The maximum Gasteiger partial charge on any atom is 0.238 e. The maximum absolute atomic E-state index is 5.49. The van der Waals surface area contributed by atoms with Crippen LogP contribution < -0.4 is 0 Å². The van der Waals surface area contributed by atoms with E-state index in [-0.39, 0.29) is 16.2 Å². The van der Waals surface area contributed by atoms with Crippen molar-refractivity contribution in [2.45, 2.75) is 57.8 Å². The Kier molecular flexibility index (Phi) is 18.0. The summed E-state index contributed by atoms with van der Waals surface area (Å²) in [6.45, 7) is 14.2. The molecule has 0 radical (unpaired) electrons. The van der Waals surface area contributed by atoms with Crippen molar-refractivity contribution < 1.29 is 0 Å². The van der Waals surface area contributed by atoms with Crippen LogP contribution in [-0.4, -0.2) is 48.6 Å². The number of hydrogen-bond acceptors (Lipinski definition) is 7. The third kappa shape index (κ3) is 12.4. The van der Waals surface area contributed by atoms with E-state index in [2.05, 4.69) is 456 Å². The van der Waals surface area contributed by atoms with Gasteiger partial charge < -0.3 is 0 Å². The SMILES string of the molecule is CC1(C)c2ccccc2-c2c3c1cccc3cc1c2c2cc3ccccc3cc2n1-c1nc(-c2ccc3ccccc3c2)c2ccccc2n1.CC1(C)c2ccccc2-c2c3c1cccc3cc1c2c2cc3ccccc3cc2n1-c1nc(-c2ccccc2)c2ccccc2n1.CC1(C)c2ccccc2-c2c3c1cccc3cc1c2c2cc3ccccc3cc2n1-c1nc(-c2ccccc2)nc(-c2ccccc2)n1. The third-order valence-corrected chi connectivity index (χ3v) is 31.5. The molecule has 144 heavy (non-hydrogen) atoms. The molecule has 0 saturated carbocycles. The summed E-state index contributed by atoms with van der Waals surface area (Å²) >= 11 is 0. The van der Waals surface area contributed by atoms with Crippen LogP contribution in [0.4, 0.5) is 0 Å². The fourth-order valence-corrected chi connectivity index (χ4v) is 24.7. The second-order valence-corrected chi connectivity index (χ2v) is 40.5. The van der Waals surface area contributed by atoms with Gasteiger partial charge in [0.05, 0.1) is 55.5 Å². The topological polar surface area (TPSA) is 105 Å². The Hall–Kier alpha value is -18.3. The van der Waals surface area contributed by atoms with Crippen molar-refractivity contribution >= 4 is 163 Å². The van der Waals surface area contributed by atoms with Gasteiger partial charge in [-0.3, -0.25) is 13.7 Å². The molecule has 6 heterocycles. The standard InChI is InChI=1S/C47H31N3.C44H30N4.C43H29N3/c1-47(2)37-19-9-7-17-34(37)44-42-32(16-11-20-38(42)47)27-41-43(44)36-25-30-14-5-6-15-31(30)26-40(36)50(41)46-48-39-21-10-8-18-35(39)45(49-46)33-23-22-28-12-3-4-13-29(28)24-33;1-44(2)34-22-12-11-21-32(34)40-38-31(20-13-23-35(38)44)26-37-39(40)33-24-29-18-9-10-19-30(29)25-36(33)48(37)43-46-41(27-14-5-3-6-15-27)45-42(47-43)28-16-7-4-8-17-28;1-43(2)33-20-10-8-18-30(33)40-38-29(17-12-21-34(38)43)25-37-39(40)32-23-27-15-6-7-16-28(27)24-36(32)46(37)42-44-35-22-11-9-19-31(35)41(45-42)26-13-4-3-5-14-26/h3-27H,1-2H3;3-26H,1-2H3;3-25H,1-2H3. The Morgan fingerprint density at radius 1 is 0.174 bits per heavy atom. The monoisotopic (exact) mass is 1840 g/mol. The number of para-hydroxylation sites is 2. The van der Waals surface area contributed by atoms with Crippen LogP contribution in [-0.2, 0) is 16.2 Å². The van der Waals surface area contributed by atoms with E-state index in [4.69, 9.17) is 34.9 Å². The molecule has 31 rings (SSSR count). The first-order valence-corrected chi connectivity index (χ1v) is 49.7. The van der Waals surface area contributed by atoms with Gasteiger partial charge in [0.15, 0.2) is 11.6 Å². The van der Waals surface area contributed by atoms with Crippen molar-refractivity contribution in [3.63, 3.8) is 0 Å². The molecule has 676 valence electrons. The van der Waals surface area contributed by atoms with Gasteiger partial charge in [0.1, 0.15) is 0 Å². The average molecular weight is 1840 g/mol. The zero-order valence-corrected chi connectivity index (χ0v) is 80.0. The molecule has 0 atom stereocenters. The fourth-order valence-electron chi connectivity index (χ4n) is 24.7. The molecular formula is C134H90N10. The molecule has 3 aliphatic rings. The lowest BCUT2D eigenvalue weighted by Gasteiger charge is -2.35. The maximum atomic E-state index is 5.49. The van der Waals surface area contributed by atoms with Crippen molar-refractivity contribution in [2.24, 2.45) is 0 Å². The Morgan fingerprint density at radius 2 is 0.451 bits per heavy atom. The smallest absolute Gasteiger partial charge is 0.238 e. The lowest BCUT2D eigenvalue weighted by Crippen LogP contribution is -2.23. The van der Waals surface area contributed by atoms with E-state index in [1.165, 1.54) is 174 Å². The number of nitrogens with zero attached hydrogens (tertiary/aromatic N) is 10. The highest BCUT2D eigenvalue weighted by Gasteiger charge is 2.40. The van der Waals surface area contributed by atoms with E-state index in [9.17, 15) is 0 Å². The number of fused-ring (bicyclic) bond motifs is 24. The zero-order chi connectivity index (χ0) is 95.7. The number of aromatic nitrogens is 10. The van der Waals surface area contributed by atoms with E-state index in [0.29, 0.717) is 29.5 Å². The average Bonchev–Trinajstić information content (AvgIpc) is 1.45. The Labute approximate surface area is 829 Å². The van der Waals surface area contributed by atoms with Gasteiger partial charge in [0.2, 0.25) is 17.8 Å². The first-order chi connectivity index (χ1) is 70.7. The number of rotatable bonds is 7. The van der Waals surface area contributed by atoms with Crippen LogP contribution in [0.2, 0.25) is 0 Å². The summed E-state index contributed by atoms with van der Waals surface area (Å²) in [6.07, 6.45) is 0. The zero-order valence-electron chi connectivity index (χ0n) is 80.0. The molecule has 0 fully saturated rings. The minimum atomic E-state index is -0.134. The number of hydrogen-bond donors (Lipinski definition) is 0. The molecule has 28 aromatic rings. The minimum Gasteiger partial charge on any atom is -0.278 e. The van der Waals surface area contributed by atoms with Crippen molar-refractivity contribution in [3.05, 3.63) is 470 Å². The van der Waals surface area contributed by atoms with Gasteiger partial charge in [-0.1, -0.05) is 406 Å². The van der Waals surface area contributed by atoms with Crippen molar-refractivity contribution in [3.8, 4) is 96.5 Å². The Balaban J connectivity index is 0.000000103. The molecule has 0 bridgehead atoms. The third-order valence-electron chi connectivity index (χ3n) is 31.5. The molecule has 0 amide bonds. The molecular weight excluding hydrogens is 1750 g/mol. The normalized spacial score (nSPS) is 13.5. The molecule has 0 N–H and O–H groups in total. The van der Waals surface area contributed by atoms with Crippen molar-refractivity contribution in [1.29, 1.82) is 0 Å². The molecule has 0 aliphatic heterocycles. The Morgan fingerprint density at radius 3 is 0.826 bits per heavy atom. The summed E-state index contributed by atoms with van der Waals surface area (Å²) in [5.41, 5.74) is 30.0. The summed E-state index contributed by atoms with van der Waals surface area (Å²) in [7, 11) is 0. The quantitative estimate of drug-likeness (QED) is 0.156. The second kappa shape index (κ2) is 31.4. The van der Waals surface area contributed by atoms with E-state index in [1.807, 2.05) is 36.4 Å². The van der Waals surface area contributed by atoms with Gasteiger partial charge in [0.25, 0.3) is 0 Å². The predicted molar refractivity (Wildman–Crippen MR) is 599 cm³/mol. The summed E-state index contributed by atoms with van der Waals surface area (Å²) < 4.78 is 6.89. The van der Waals surface area contributed by atoms with Crippen molar-refractivity contribution in [2.75, 3.05) is 0 Å². The van der Waals surface area contributed by atoms with Gasteiger partial charge in [-0.05, 0) is 198 Å². The van der Waals surface area contributed by atoms with Crippen LogP contribution >= 0.6 is 0 Å². The van der Waals surface area contributed by atoms with E-state index in [1.54, 1.807) is 0 Å². The lowest BCUT2D eigenvalue weighted by atomic mass is 9.68. The fraction of sp³-hybridized carbons (Fsp3) is 0.0672. The highest BCUT2D eigenvalue weighted by atomic mass is 15.2. The van der Waals surface area contributed by atoms with E-state index < -0.39 is 0 Å². The van der Waals surface area contributed by atoms with E-state index in [0.717, 1.165) is 88.5 Å². The highest BCUT2D eigenvalue weighted by Crippen LogP contribution is 2.58. The lowest BCUT2D eigenvalue weighted by molar-refractivity contribution is 0.645. The van der Waals surface area contributed by atoms with Gasteiger partial charge in [-0.25, -0.2) is 24.9 Å². The largest absolute Gasteiger partial charge is 0.278 e. The molecule has 6 aromatic heterocycles. The Bertz CT molecular complexity index is 10300. The highest BCUT2D eigenvalue weighted by molar-refractivity contribution is 6.30. The molecule has 10 nitrogen and oxygen atoms in total. The summed E-state index contributed by atoms with van der Waals surface area (Å²) in [5.74, 6) is 3.25. The minimum absolute atomic E-state index is 0.117. The summed E-state index contributed by atoms with van der Waals surface area (Å²) in [5, 5.41) is 26.8. The molecule has 10 heteroatoms. The van der Waals surface area contributed by atoms with Gasteiger partial charge >= 0.3 is 0 Å². The van der Waals surface area contributed by atoms with Crippen LogP contribution in [0.1, 0.15) is 74.9 Å². The van der Waals surface area contributed by atoms with Crippen molar-refractivity contribution in [1.82, 2.24) is 48.6 Å².